The third-order valence-electron chi connectivity index (χ3n) is 5.42. The van der Waals surface area contributed by atoms with Crippen molar-refractivity contribution in [1.29, 1.82) is 0 Å². The summed E-state index contributed by atoms with van der Waals surface area (Å²) in [7, 11) is 0. The van der Waals surface area contributed by atoms with Gasteiger partial charge in [-0.25, -0.2) is 14.1 Å². The van der Waals surface area contributed by atoms with Crippen molar-refractivity contribution in [2.75, 3.05) is 41.8 Å². The third kappa shape index (κ3) is 4.78. The molecule has 0 aliphatic carbocycles. The number of ether oxygens (including phenoxy) is 1. The fourth-order valence-corrected chi connectivity index (χ4v) is 3.80. The van der Waals surface area contributed by atoms with E-state index in [0.29, 0.717) is 11.8 Å². The van der Waals surface area contributed by atoms with E-state index in [2.05, 4.69) is 49.7 Å². The van der Waals surface area contributed by atoms with Gasteiger partial charge in [0.1, 0.15) is 17.8 Å². The zero-order chi connectivity index (χ0) is 22.6. The highest BCUT2D eigenvalue weighted by Crippen LogP contribution is 2.27. The molecule has 1 fully saturated rings. The first kappa shape index (κ1) is 20.9. The summed E-state index contributed by atoms with van der Waals surface area (Å²) in [6.45, 7) is 5.33. The molecule has 0 spiro atoms. The van der Waals surface area contributed by atoms with Crippen LogP contribution in [-0.2, 0) is 4.74 Å². The van der Waals surface area contributed by atoms with Gasteiger partial charge in [-0.1, -0.05) is 18.2 Å². The van der Waals surface area contributed by atoms with Crippen LogP contribution in [0.15, 0.2) is 67.1 Å². The second kappa shape index (κ2) is 9.25. The number of hydrogen-bond acceptors (Lipinski definition) is 7. The zero-order valence-electron chi connectivity index (χ0n) is 18.2. The van der Waals surface area contributed by atoms with Gasteiger partial charge in [-0.2, -0.15) is 4.98 Å². The van der Waals surface area contributed by atoms with Crippen molar-refractivity contribution in [3.63, 3.8) is 0 Å². The number of nitrogens with zero attached hydrogens (tertiary/aromatic N) is 5. The summed E-state index contributed by atoms with van der Waals surface area (Å²) in [6.07, 6.45) is 2.65. The van der Waals surface area contributed by atoms with Gasteiger partial charge < -0.3 is 20.3 Å². The average Bonchev–Trinajstić information content (AvgIpc) is 3.30. The van der Waals surface area contributed by atoms with Crippen molar-refractivity contribution in [2.45, 2.75) is 6.92 Å². The smallest absolute Gasteiger partial charge is 0.246 e. The Morgan fingerprint density at radius 3 is 2.52 bits per heavy atom. The lowest BCUT2D eigenvalue weighted by Crippen LogP contribution is -2.36. The van der Waals surface area contributed by atoms with Crippen molar-refractivity contribution in [3.8, 4) is 5.69 Å². The predicted octanol–water partition coefficient (Wildman–Crippen LogP) is 4.43. The molecule has 0 unspecified atom stereocenters. The first-order chi connectivity index (χ1) is 16.2. The van der Waals surface area contributed by atoms with Crippen LogP contribution in [0.4, 0.5) is 33.2 Å². The van der Waals surface area contributed by atoms with E-state index in [1.165, 1.54) is 22.9 Å². The number of pyridine rings is 1. The Bertz CT molecular complexity index is 1240. The van der Waals surface area contributed by atoms with Crippen LogP contribution in [0.5, 0.6) is 0 Å². The van der Waals surface area contributed by atoms with Gasteiger partial charge in [0, 0.05) is 36.2 Å². The Morgan fingerprint density at radius 2 is 1.73 bits per heavy atom. The lowest BCUT2D eigenvalue weighted by Gasteiger charge is -2.30. The van der Waals surface area contributed by atoms with Gasteiger partial charge in [0.15, 0.2) is 5.82 Å². The number of halogens is 1. The van der Waals surface area contributed by atoms with Crippen LogP contribution >= 0.6 is 0 Å². The number of para-hydroxylation sites is 1. The van der Waals surface area contributed by atoms with Crippen LogP contribution in [0.1, 0.15) is 5.56 Å². The lowest BCUT2D eigenvalue weighted by molar-refractivity contribution is 0.122. The highest BCUT2D eigenvalue weighted by atomic mass is 19.1. The Labute approximate surface area is 191 Å². The number of aromatic nitrogens is 4. The molecular weight excluding hydrogens is 421 g/mol. The maximum absolute atomic E-state index is 14.5. The second-order valence-electron chi connectivity index (χ2n) is 7.75. The molecule has 0 radical (unpaired) electrons. The molecule has 2 N–H and O–H groups in total. The maximum atomic E-state index is 14.5. The lowest BCUT2D eigenvalue weighted by atomic mass is 10.1. The normalized spacial score (nSPS) is 13.7. The van der Waals surface area contributed by atoms with Crippen molar-refractivity contribution in [1.82, 2.24) is 19.7 Å². The van der Waals surface area contributed by atoms with Crippen molar-refractivity contribution in [3.05, 3.63) is 78.5 Å². The second-order valence-corrected chi connectivity index (χ2v) is 7.75. The van der Waals surface area contributed by atoms with E-state index in [1.54, 1.807) is 6.07 Å². The fourth-order valence-electron chi connectivity index (χ4n) is 3.80. The van der Waals surface area contributed by atoms with Gasteiger partial charge in [0.2, 0.25) is 5.95 Å². The van der Waals surface area contributed by atoms with Gasteiger partial charge in [0.25, 0.3) is 0 Å². The summed E-state index contributed by atoms with van der Waals surface area (Å²) < 4.78 is 21.4. The summed E-state index contributed by atoms with van der Waals surface area (Å²) in [5, 5.41) is 10.7. The molecule has 8 nitrogen and oxygen atoms in total. The topological polar surface area (TPSA) is 80.1 Å². The van der Waals surface area contributed by atoms with Crippen molar-refractivity contribution >= 4 is 28.8 Å². The average molecular weight is 446 g/mol. The fraction of sp³-hybridized carbons (Fsp3) is 0.208. The number of anilines is 5. The van der Waals surface area contributed by atoms with Gasteiger partial charge in [-0.3, -0.25) is 0 Å². The van der Waals surface area contributed by atoms with E-state index in [0.717, 1.165) is 43.2 Å². The number of morpholine rings is 1. The molecule has 0 saturated carbocycles. The molecule has 1 aliphatic heterocycles. The zero-order valence-corrected chi connectivity index (χ0v) is 18.2. The molecule has 2 aromatic heterocycles. The van der Waals surface area contributed by atoms with Crippen LogP contribution < -0.4 is 15.5 Å². The summed E-state index contributed by atoms with van der Waals surface area (Å²) in [6, 6.07) is 17.3. The molecule has 33 heavy (non-hydrogen) atoms. The first-order valence-corrected chi connectivity index (χ1v) is 10.8. The summed E-state index contributed by atoms with van der Waals surface area (Å²) in [5.74, 6) is 0.398. The highest BCUT2D eigenvalue weighted by molar-refractivity contribution is 5.65. The number of nitrogens with one attached hydrogen (secondary N) is 2. The van der Waals surface area contributed by atoms with E-state index >= 15 is 0 Å². The SMILES string of the molecule is Cc1cc(Nc2cc(-n3cnc(Nc4ccccc4)n3)c(F)cn2)ccc1N1CCOCC1. The maximum Gasteiger partial charge on any atom is 0.246 e. The van der Waals surface area contributed by atoms with Gasteiger partial charge >= 0.3 is 0 Å². The minimum absolute atomic E-state index is 0.253. The van der Waals surface area contributed by atoms with Crippen LogP contribution in [-0.4, -0.2) is 46.1 Å². The van der Waals surface area contributed by atoms with Crippen LogP contribution in [0.3, 0.4) is 0 Å². The molecular formula is C24H24FN7O. The van der Waals surface area contributed by atoms with E-state index in [1.807, 2.05) is 36.4 Å². The standard InChI is InChI=1S/C24H24FN7O/c1-17-13-19(7-8-21(17)31-9-11-33-12-10-31)28-23-14-22(20(25)15-26-23)32-16-27-24(30-32)29-18-5-3-2-4-6-18/h2-8,13-16H,9-12H2,1H3,(H,26,28)(H,29,30). The molecule has 3 heterocycles. The van der Waals surface area contributed by atoms with Gasteiger partial charge in [-0.15, -0.1) is 5.10 Å². The minimum atomic E-state index is -0.490. The molecule has 0 atom stereocenters. The third-order valence-corrected chi connectivity index (χ3v) is 5.42. The summed E-state index contributed by atoms with van der Waals surface area (Å²) >= 11 is 0. The Kier molecular flexibility index (Phi) is 5.86. The molecule has 168 valence electrons. The first-order valence-electron chi connectivity index (χ1n) is 10.8. The van der Waals surface area contributed by atoms with Crippen molar-refractivity contribution < 1.29 is 9.13 Å². The monoisotopic (exact) mass is 445 g/mol. The number of benzene rings is 2. The number of rotatable bonds is 6. The number of hydrogen-bond donors (Lipinski definition) is 2. The molecule has 1 saturated heterocycles. The minimum Gasteiger partial charge on any atom is -0.378 e. The van der Waals surface area contributed by atoms with E-state index in [9.17, 15) is 4.39 Å². The van der Waals surface area contributed by atoms with Crippen LogP contribution in [0.2, 0.25) is 0 Å². The van der Waals surface area contributed by atoms with Crippen LogP contribution in [0.25, 0.3) is 5.69 Å². The number of aryl methyl sites for hydroxylation is 1. The van der Waals surface area contributed by atoms with Gasteiger partial charge in [0.05, 0.1) is 19.4 Å². The molecule has 0 bridgehead atoms. The largest absolute Gasteiger partial charge is 0.378 e. The Balaban J connectivity index is 1.33. The molecule has 2 aromatic carbocycles. The molecule has 9 heteroatoms. The molecule has 1 aliphatic rings. The predicted molar refractivity (Wildman–Crippen MR) is 126 cm³/mol. The van der Waals surface area contributed by atoms with E-state index < -0.39 is 5.82 Å². The van der Waals surface area contributed by atoms with Crippen molar-refractivity contribution in [2.24, 2.45) is 0 Å². The van der Waals surface area contributed by atoms with Crippen LogP contribution in [0, 0.1) is 12.7 Å². The summed E-state index contributed by atoms with van der Waals surface area (Å²) in [4.78, 5) is 10.7. The van der Waals surface area contributed by atoms with Gasteiger partial charge in [-0.05, 0) is 42.8 Å². The summed E-state index contributed by atoms with van der Waals surface area (Å²) in [5.41, 5.74) is 4.32. The molecule has 4 aromatic rings. The Morgan fingerprint density at radius 1 is 0.909 bits per heavy atom. The van der Waals surface area contributed by atoms with E-state index in [-0.39, 0.29) is 5.69 Å². The quantitative estimate of drug-likeness (QED) is 0.454. The highest BCUT2D eigenvalue weighted by Gasteiger charge is 2.14. The van der Waals surface area contributed by atoms with E-state index in [4.69, 9.17) is 4.74 Å². The molecule has 0 amide bonds. The molecule has 5 rings (SSSR count). The Hall–Kier alpha value is -3.98.